The number of thiophene rings is 1. The molecule has 4 rings (SSSR count). The van der Waals surface area contributed by atoms with Gasteiger partial charge in [-0.1, -0.05) is 93.4 Å². The minimum atomic E-state index is -0.412. The van der Waals surface area contributed by atoms with Crippen molar-refractivity contribution in [2.75, 3.05) is 5.48 Å². The first kappa shape index (κ1) is 29.7. The number of benzene rings is 3. The zero-order valence-corrected chi connectivity index (χ0v) is 24.3. The maximum atomic E-state index is 12.9. The van der Waals surface area contributed by atoms with Gasteiger partial charge in [0, 0.05) is 21.9 Å². The number of para-hydroxylation sites is 1. The fourth-order valence-electron chi connectivity index (χ4n) is 4.40. The Morgan fingerprint density at radius 2 is 1.63 bits per heavy atom. The van der Waals surface area contributed by atoms with Crippen LogP contribution >= 0.6 is 11.3 Å². The number of anilines is 1. The highest BCUT2D eigenvalue weighted by atomic mass is 32.1. The molecule has 0 saturated carbocycles. The number of aryl methyl sites for hydroxylation is 1. The van der Waals surface area contributed by atoms with E-state index in [-0.39, 0.29) is 24.0 Å². The molecule has 41 heavy (non-hydrogen) atoms. The summed E-state index contributed by atoms with van der Waals surface area (Å²) in [4.78, 5) is 44.0. The van der Waals surface area contributed by atoms with E-state index in [9.17, 15) is 14.4 Å². The van der Waals surface area contributed by atoms with Crippen LogP contribution in [0.3, 0.4) is 0 Å². The third kappa shape index (κ3) is 8.63. The molecule has 0 aliphatic carbocycles. The molecular formula is C34H36N2O4S. The molecule has 0 fully saturated rings. The van der Waals surface area contributed by atoms with Gasteiger partial charge in [0.25, 0.3) is 0 Å². The predicted molar refractivity (Wildman–Crippen MR) is 165 cm³/mol. The molecule has 1 heterocycles. The number of rotatable bonds is 14. The molecule has 7 heteroatoms. The molecule has 1 unspecified atom stereocenters. The van der Waals surface area contributed by atoms with Gasteiger partial charge >= 0.3 is 5.97 Å². The first-order valence-corrected chi connectivity index (χ1v) is 14.9. The largest absolute Gasteiger partial charge is 0.351 e. The van der Waals surface area contributed by atoms with Gasteiger partial charge in [-0.05, 0) is 53.1 Å². The Kier molecular flexibility index (Phi) is 10.9. The minimum absolute atomic E-state index is 0.0367. The number of hydrogen-bond donors (Lipinski definition) is 2. The summed E-state index contributed by atoms with van der Waals surface area (Å²) in [6, 6.07) is 26.2. The Balaban J connectivity index is 1.24. The molecule has 1 aromatic heterocycles. The van der Waals surface area contributed by atoms with Crippen molar-refractivity contribution in [1.29, 1.82) is 0 Å². The Morgan fingerprint density at radius 1 is 0.902 bits per heavy atom. The fourth-order valence-corrected chi connectivity index (χ4v) is 5.24. The van der Waals surface area contributed by atoms with E-state index in [4.69, 9.17) is 4.84 Å². The van der Waals surface area contributed by atoms with E-state index in [1.807, 2.05) is 49.4 Å². The van der Waals surface area contributed by atoms with Crippen molar-refractivity contribution in [1.82, 2.24) is 5.32 Å². The molecule has 1 amide bonds. The van der Waals surface area contributed by atoms with E-state index in [1.165, 1.54) is 0 Å². The van der Waals surface area contributed by atoms with Crippen molar-refractivity contribution in [2.45, 2.75) is 52.5 Å². The molecule has 0 saturated heterocycles. The lowest BCUT2D eigenvalue weighted by Crippen LogP contribution is -2.28. The summed E-state index contributed by atoms with van der Waals surface area (Å²) < 4.78 is 0. The first-order valence-electron chi connectivity index (χ1n) is 14.0. The maximum absolute atomic E-state index is 12.9. The Labute approximate surface area is 245 Å². The normalized spacial score (nSPS) is 11.5. The quantitative estimate of drug-likeness (QED) is 0.121. The second-order valence-corrected chi connectivity index (χ2v) is 11.1. The van der Waals surface area contributed by atoms with Crippen LogP contribution in [0, 0.1) is 5.92 Å². The number of ketones is 1. The van der Waals surface area contributed by atoms with Gasteiger partial charge in [-0.25, -0.2) is 10.3 Å². The van der Waals surface area contributed by atoms with Gasteiger partial charge in [-0.2, -0.15) is 0 Å². The molecule has 0 radical (unpaired) electrons. The summed E-state index contributed by atoms with van der Waals surface area (Å²) in [5.41, 5.74) is 7.33. The summed E-state index contributed by atoms with van der Waals surface area (Å²) in [5.74, 6) is -0.417. The second kappa shape index (κ2) is 15.0. The summed E-state index contributed by atoms with van der Waals surface area (Å²) >= 11 is 1.64. The van der Waals surface area contributed by atoms with Gasteiger partial charge in [-0.15, -0.1) is 11.3 Å². The first-order chi connectivity index (χ1) is 19.9. The summed E-state index contributed by atoms with van der Waals surface area (Å²) in [7, 11) is 0. The second-order valence-electron chi connectivity index (χ2n) is 10.1. The van der Waals surface area contributed by atoms with Crippen LogP contribution in [0.2, 0.25) is 0 Å². The highest BCUT2D eigenvalue weighted by Crippen LogP contribution is 2.26. The lowest BCUT2D eigenvalue weighted by molar-refractivity contribution is -0.140. The van der Waals surface area contributed by atoms with E-state index in [0.29, 0.717) is 29.8 Å². The molecule has 6 nitrogen and oxygen atoms in total. The van der Waals surface area contributed by atoms with Crippen molar-refractivity contribution in [3.8, 4) is 11.1 Å². The highest BCUT2D eigenvalue weighted by Gasteiger charge is 2.15. The van der Waals surface area contributed by atoms with Gasteiger partial charge < -0.3 is 10.2 Å². The number of hydrogen-bond acceptors (Lipinski definition) is 6. The van der Waals surface area contributed by atoms with Crippen LogP contribution in [-0.4, -0.2) is 17.7 Å². The number of carbonyl (C=O) groups excluding carboxylic acids is 3. The van der Waals surface area contributed by atoms with Crippen molar-refractivity contribution >= 4 is 34.7 Å². The number of amides is 1. The van der Waals surface area contributed by atoms with E-state index >= 15 is 0 Å². The lowest BCUT2D eigenvalue weighted by Gasteiger charge is -2.11. The van der Waals surface area contributed by atoms with Gasteiger partial charge in [-0.3, -0.25) is 9.59 Å². The summed E-state index contributed by atoms with van der Waals surface area (Å²) in [6.07, 6.45) is 3.81. The predicted octanol–water partition coefficient (Wildman–Crippen LogP) is 7.59. The Hall–Kier alpha value is -4.23. The fraction of sp³-hybridized carbons (Fsp3) is 0.265. The zero-order valence-electron chi connectivity index (χ0n) is 23.5. The maximum Gasteiger partial charge on any atom is 0.332 e. The Morgan fingerprint density at radius 3 is 2.39 bits per heavy atom. The average molecular weight is 569 g/mol. The van der Waals surface area contributed by atoms with Crippen LogP contribution in [0.4, 0.5) is 5.69 Å². The van der Waals surface area contributed by atoms with E-state index in [1.54, 1.807) is 47.7 Å². The number of nitrogens with one attached hydrogen (secondary N) is 2. The monoisotopic (exact) mass is 568 g/mol. The van der Waals surface area contributed by atoms with E-state index in [2.05, 4.69) is 29.2 Å². The van der Waals surface area contributed by atoms with Crippen molar-refractivity contribution in [3.05, 3.63) is 112 Å². The molecule has 0 aliphatic rings. The molecule has 4 aromatic rings. The van der Waals surface area contributed by atoms with Crippen molar-refractivity contribution in [2.24, 2.45) is 5.92 Å². The number of unbranched alkanes of at least 4 members (excludes halogenated alkanes) is 1. The van der Waals surface area contributed by atoms with Crippen molar-refractivity contribution < 1.29 is 19.2 Å². The third-order valence-electron chi connectivity index (χ3n) is 6.92. The molecule has 1 atom stereocenters. The highest BCUT2D eigenvalue weighted by molar-refractivity contribution is 7.10. The molecule has 212 valence electrons. The standard InChI is InChI=1S/C34H36N2O4S/c1-3-4-10-24(2)34(39)35-22-29-21-28(23-41-29)26-18-15-25(16-19-26)17-20-32(37)40-36-31-14-9-8-13-30(31)33(38)27-11-6-5-7-12-27/h5-9,11-16,18-19,21,23-24,36H,3-4,10,17,20,22H2,1-2H3,(H,35,39). The van der Waals surface area contributed by atoms with Crippen molar-refractivity contribution in [3.63, 3.8) is 0 Å². The molecular weight excluding hydrogens is 532 g/mol. The van der Waals surface area contributed by atoms with Gasteiger partial charge in [0.1, 0.15) is 0 Å². The van der Waals surface area contributed by atoms with Crippen LogP contribution < -0.4 is 10.8 Å². The topological polar surface area (TPSA) is 84.5 Å². The summed E-state index contributed by atoms with van der Waals surface area (Å²) in [5, 5.41) is 5.15. The van der Waals surface area contributed by atoms with E-state index in [0.717, 1.165) is 40.8 Å². The van der Waals surface area contributed by atoms with Crippen LogP contribution in [0.25, 0.3) is 11.1 Å². The zero-order chi connectivity index (χ0) is 29.0. The SMILES string of the molecule is CCCCC(C)C(=O)NCc1cc(-c2ccc(CCC(=O)ONc3ccccc3C(=O)c3ccccc3)cc2)cs1. The molecule has 2 N–H and O–H groups in total. The van der Waals surface area contributed by atoms with Crippen LogP contribution in [0.5, 0.6) is 0 Å². The third-order valence-corrected chi connectivity index (χ3v) is 7.85. The molecule has 0 aliphatic heterocycles. The lowest BCUT2D eigenvalue weighted by atomic mass is 10.0. The Bertz CT molecular complexity index is 1450. The smallest absolute Gasteiger partial charge is 0.332 e. The van der Waals surface area contributed by atoms with Crippen LogP contribution in [0.1, 0.15) is 65.9 Å². The van der Waals surface area contributed by atoms with Gasteiger partial charge in [0.05, 0.1) is 18.7 Å². The van der Waals surface area contributed by atoms with E-state index < -0.39 is 5.97 Å². The van der Waals surface area contributed by atoms with Crippen LogP contribution in [0.15, 0.2) is 90.3 Å². The molecule has 0 bridgehead atoms. The summed E-state index contributed by atoms with van der Waals surface area (Å²) in [6.45, 7) is 4.66. The van der Waals surface area contributed by atoms with Crippen LogP contribution in [-0.2, 0) is 27.4 Å². The molecule has 3 aromatic carbocycles. The molecule has 0 spiro atoms. The minimum Gasteiger partial charge on any atom is -0.351 e. The average Bonchev–Trinajstić information content (AvgIpc) is 3.50. The van der Waals surface area contributed by atoms with Gasteiger partial charge in [0.2, 0.25) is 5.91 Å². The van der Waals surface area contributed by atoms with Gasteiger partial charge in [0.15, 0.2) is 5.78 Å². The number of carbonyl (C=O) groups is 3.